The molecule has 0 aromatic heterocycles. The number of benzene rings is 2. The van der Waals surface area contributed by atoms with Crippen LogP contribution in [0.1, 0.15) is 15.9 Å². The lowest BCUT2D eigenvalue weighted by atomic mass is 10.1. The van der Waals surface area contributed by atoms with Gasteiger partial charge in [0.15, 0.2) is 0 Å². The van der Waals surface area contributed by atoms with Gasteiger partial charge < -0.3 is 19.5 Å². The number of aliphatic hydroxyl groups is 1. The number of hydrogen-bond donors (Lipinski definition) is 1. The van der Waals surface area contributed by atoms with E-state index in [1.54, 1.807) is 12.0 Å². The number of β-amino-alcohol motifs (C(OH)–C–C–N with tert-alkyl or cyclic N) is 1. The van der Waals surface area contributed by atoms with Crippen LogP contribution in [0.3, 0.4) is 0 Å². The van der Waals surface area contributed by atoms with Gasteiger partial charge in [0.25, 0.3) is 5.91 Å². The minimum Gasteiger partial charge on any atom is -0.391 e. The Balaban J connectivity index is 1.55. The Hall–Kier alpha value is -2.25. The van der Waals surface area contributed by atoms with Crippen LogP contribution >= 0.6 is 0 Å². The predicted molar refractivity (Wildman–Crippen MR) is 117 cm³/mol. The number of carbonyl (C=O) groups is 1. The minimum absolute atomic E-state index is 0.0162. The lowest BCUT2D eigenvalue weighted by molar-refractivity contribution is -0.0515. The molecule has 6 heteroatoms. The van der Waals surface area contributed by atoms with Gasteiger partial charge in [-0.1, -0.05) is 48.5 Å². The average Bonchev–Trinajstić information content (AvgIpc) is 2.77. The second-order valence-corrected chi connectivity index (χ2v) is 7.71. The lowest BCUT2D eigenvalue weighted by Crippen LogP contribution is -2.51. The van der Waals surface area contributed by atoms with Crippen LogP contribution in [0.4, 0.5) is 0 Å². The van der Waals surface area contributed by atoms with E-state index in [-0.39, 0.29) is 12.0 Å². The number of rotatable bonds is 10. The molecule has 6 nitrogen and oxygen atoms in total. The van der Waals surface area contributed by atoms with Crippen LogP contribution in [0.15, 0.2) is 60.7 Å². The van der Waals surface area contributed by atoms with E-state index < -0.39 is 6.10 Å². The van der Waals surface area contributed by atoms with Crippen molar-refractivity contribution in [2.45, 2.75) is 18.6 Å². The Kier molecular flexibility index (Phi) is 8.83. The Bertz CT molecular complexity index is 756. The number of amides is 1. The summed E-state index contributed by atoms with van der Waals surface area (Å²) in [6.07, 6.45) is 0.115. The molecular weight excluding hydrogens is 380 g/mol. The maximum atomic E-state index is 12.9. The number of methoxy groups -OCH3 is 1. The van der Waals surface area contributed by atoms with E-state index in [4.69, 9.17) is 9.47 Å². The molecule has 1 aliphatic rings. The molecule has 1 aliphatic heterocycles. The van der Waals surface area contributed by atoms with Crippen LogP contribution in [0.25, 0.3) is 0 Å². The lowest BCUT2D eigenvalue weighted by Gasteiger charge is -2.36. The van der Waals surface area contributed by atoms with Crippen molar-refractivity contribution in [1.29, 1.82) is 0 Å². The fourth-order valence-corrected chi connectivity index (χ4v) is 3.79. The van der Waals surface area contributed by atoms with Crippen LogP contribution < -0.4 is 0 Å². The molecule has 0 unspecified atom stereocenters. The minimum atomic E-state index is -0.429. The Labute approximate surface area is 179 Å². The molecule has 1 amide bonds. The first kappa shape index (κ1) is 22.4. The maximum Gasteiger partial charge on any atom is 0.254 e. The zero-order chi connectivity index (χ0) is 21.2. The van der Waals surface area contributed by atoms with Crippen molar-refractivity contribution in [3.8, 4) is 0 Å². The number of aliphatic hydroxyl groups excluding tert-OH is 1. The van der Waals surface area contributed by atoms with Crippen LogP contribution in [0, 0.1) is 0 Å². The van der Waals surface area contributed by atoms with Gasteiger partial charge in [-0.25, -0.2) is 0 Å². The van der Waals surface area contributed by atoms with Crippen LogP contribution in [0.5, 0.6) is 0 Å². The molecule has 0 bridgehead atoms. The van der Waals surface area contributed by atoms with Crippen molar-refractivity contribution in [3.63, 3.8) is 0 Å². The third-order valence-electron chi connectivity index (χ3n) is 5.30. The maximum absolute atomic E-state index is 12.9. The summed E-state index contributed by atoms with van der Waals surface area (Å²) in [6.45, 7) is 4.16. The van der Waals surface area contributed by atoms with Gasteiger partial charge in [0.1, 0.15) is 0 Å². The van der Waals surface area contributed by atoms with Crippen molar-refractivity contribution in [2.24, 2.45) is 0 Å². The van der Waals surface area contributed by atoms with Gasteiger partial charge in [0, 0.05) is 45.4 Å². The standard InChI is InChI=1S/C24H32N2O4/c1-29-14-13-26(24(28)21-10-6-3-7-11-21)19-23-18-25(12-15-30-23)17-22(27)16-20-8-4-2-5-9-20/h2-11,22-23,27H,12-19H2,1H3/t22-,23+/m0/s1. The molecule has 1 fully saturated rings. The molecule has 0 aliphatic carbocycles. The van der Waals surface area contributed by atoms with Crippen molar-refractivity contribution >= 4 is 5.91 Å². The highest BCUT2D eigenvalue weighted by Gasteiger charge is 2.26. The molecule has 2 atom stereocenters. The SMILES string of the molecule is COCCN(C[C@H]1CN(C[C@@H](O)Cc2ccccc2)CCO1)C(=O)c1ccccc1. The van der Waals surface area contributed by atoms with Crippen molar-refractivity contribution < 1.29 is 19.4 Å². The number of hydrogen-bond acceptors (Lipinski definition) is 5. The Morgan fingerprint density at radius 1 is 1.20 bits per heavy atom. The quantitative estimate of drug-likeness (QED) is 0.647. The molecule has 0 radical (unpaired) electrons. The summed E-state index contributed by atoms with van der Waals surface area (Å²) in [5.41, 5.74) is 1.80. The summed E-state index contributed by atoms with van der Waals surface area (Å²) < 4.78 is 11.1. The van der Waals surface area contributed by atoms with E-state index in [0.29, 0.717) is 51.4 Å². The molecule has 0 saturated carbocycles. The summed E-state index contributed by atoms with van der Waals surface area (Å²) >= 11 is 0. The molecule has 30 heavy (non-hydrogen) atoms. The molecule has 3 rings (SSSR count). The third-order valence-corrected chi connectivity index (χ3v) is 5.30. The highest BCUT2D eigenvalue weighted by Crippen LogP contribution is 2.12. The number of carbonyl (C=O) groups excluding carboxylic acids is 1. The second kappa shape index (κ2) is 11.8. The smallest absolute Gasteiger partial charge is 0.254 e. The molecule has 2 aromatic carbocycles. The summed E-state index contributed by atoms with van der Waals surface area (Å²) in [7, 11) is 1.64. The van der Waals surface area contributed by atoms with Crippen LogP contribution in [-0.2, 0) is 15.9 Å². The van der Waals surface area contributed by atoms with Gasteiger partial charge >= 0.3 is 0 Å². The van der Waals surface area contributed by atoms with Gasteiger partial charge in [-0.05, 0) is 24.1 Å². The van der Waals surface area contributed by atoms with Gasteiger partial charge in [0.05, 0.1) is 25.4 Å². The number of ether oxygens (including phenoxy) is 2. The second-order valence-electron chi connectivity index (χ2n) is 7.71. The fraction of sp³-hybridized carbons (Fsp3) is 0.458. The van der Waals surface area contributed by atoms with Crippen LogP contribution in [0.2, 0.25) is 0 Å². The summed E-state index contributed by atoms with van der Waals surface area (Å²) in [6, 6.07) is 19.3. The first-order valence-corrected chi connectivity index (χ1v) is 10.5. The van der Waals surface area contributed by atoms with E-state index in [2.05, 4.69) is 4.90 Å². The van der Waals surface area contributed by atoms with Gasteiger partial charge in [-0.15, -0.1) is 0 Å². The molecule has 1 N–H and O–H groups in total. The zero-order valence-electron chi connectivity index (χ0n) is 17.7. The van der Waals surface area contributed by atoms with Gasteiger partial charge in [-0.3, -0.25) is 9.69 Å². The largest absolute Gasteiger partial charge is 0.391 e. The summed E-state index contributed by atoms with van der Waals surface area (Å²) in [5.74, 6) is -0.0162. The molecule has 162 valence electrons. The van der Waals surface area contributed by atoms with E-state index in [9.17, 15) is 9.90 Å². The van der Waals surface area contributed by atoms with Gasteiger partial charge in [0.2, 0.25) is 0 Å². The monoisotopic (exact) mass is 412 g/mol. The number of morpholine rings is 1. The van der Waals surface area contributed by atoms with E-state index in [0.717, 1.165) is 12.1 Å². The molecular formula is C24H32N2O4. The Morgan fingerprint density at radius 3 is 2.60 bits per heavy atom. The normalized spacial score (nSPS) is 18.1. The number of nitrogens with zero attached hydrogens (tertiary/aromatic N) is 2. The van der Waals surface area contributed by atoms with E-state index >= 15 is 0 Å². The molecule has 0 spiro atoms. The first-order valence-electron chi connectivity index (χ1n) is 10.5. The van der Waals surface area contributed by atoms with Gasteiger partial charge in [-0.2, -0.15) is 0 Å². The van der Waals surface area contributed by atoms with Crippen molar-refractivity contribution in [3.05, 3.63) is 71.8 Å². The predicted octanol–water partition coefficient (Wildman–Crippen LogP) is 2.08. The molecule has 1 heterocycles. The average molecular weight is 413 g/mol. The fourth-order valence-electron chi connectivity index (χ4n) is 3.79. The topological polar surface area (TPSA) is 62.2 Å². The van der Waals surface area contributed by atoms with Crippen molar-refractivity contribution in [1.82, 2.24) is 9.80 Å². The van der Waals surface area contributed by atoms with E-state index in [1.807, 2.05) is 60.7 Å². The molecule has 2 aromatic rings. The third kappa shape index (κ3) is 6.92. The molecule has 1 saturated heterocycles. The van der Waals surface area contributed by atoms with E-state index in [1.165, 1.54) is 0 Å². The first-order chi connectivity index (χ1) is 14.7. The Morgan fingerprint density at radius 2 is 1.90 bits per heavy atom. The van der Waals surface area contributed by atoms with Crippen molar-refractivity contribution in [2.75, 3.05) is 53.0 Å². The highest BCUT2D eigenvalue weighted by atomic mass is 16.5. The van der Waals surface area contributed by atoms with Crippen LogP contribution in [-0.4, -0.2) is 86.1 Å². The summed E-state index contributed by atoms with van der Waals surface area (Å²) in [5, 5.41) is 10.5. The highest BCUT2D eigenvalue weighted by molar-refractivity contribution is 5.94. The summed E-state index contributed by atoms with van der Waals surface area (Å²) in [4.78, 5) is 17.0. The zero-order valence-corrected chi connectivity index (χ0v) is 17.7.